The van der Waals surface area contributed by atoms with Crippen LogP contribution < -0.4 is 4.74 Å². The molecular weight excluding hydrogens is 258 g/mol. The number of aromatic carboxylic acids is 1. The van der Waals surface area contributed by atoms with Crippen LogP contribution in [0.4, 0.5) is 8.78 Å². The molecule has 1 aromatic carbocycles. The number of methoxy groups -OCH3 is 1. The molecule has 1 aromatic heterocycles. The van der Waals surface area contributed by atoms with Crippen molar-refractivity contribution in [2.45, 2.75) is 6.55 Å². The van der Waals surface area contributed by atoms with Gasteiger partial charge in [0.25, 0.3) is 0 Å². The van der Waals surface area contributed by atoms with E-state index in [0.29, 0.717) is 21.6 Å². The first kappa shape index (κ1) is 13.0. The average molecular weight is 268 g/mol. The summed E-state index contributed by atoms with van der Waals surface area (Å²) < 4.78 is 30.5. The fourth-order valence-electron chi connectivity index (χ4n) is 1.65. The Balaban J connectivity index is 2.51. The molecule has 0 aliphatic heterocycles. The number of carbonyl (C=O) groups is 1. The lowest BCUT2D eigenvalue weighted by Crippen LogP contribution is -1.98. The number of carboxylic acid groups (broad SMARTS) is 1. The van der Waals surface area contributed by atoms with Crippen LogP contribution in [0.1, 0.15) is 16.9 Å². The molecule has 0 atom stereocenters. The molecule has 2 aromatic rings. The monoisotopic (exact) mass is 268 g/mol. The molecule has 0 aliphatic carbocycles. The Morgan fingerprint density at radius 1 is 1.47 bits per heavy atom. The zero-order valence-electron chi connectivity index (χ0n) is 9.88. The first-order valence-electron chi connectivity index (χ1n) is 5.27. The Bertz CT molecular complexity index is 611. The van der Waals surface area contributed by atoms with E-state index < -0.39 is 12.5 Å². The minimum atomic E-state index is -2.75. The normalized spacial score (nSPS) is 10.7. The molecular formula is C12H10F2N2O3. The molecule has 2 rings (SSSR count). The molecule has 0 aliphatic rings. The lowest BCUT2D eigenvalue weighted by Gasteiger charge is -2.07. The molecule has 0 saturated carbocycles. The average Bonchev–Trinajstić information content (AvgIpc) is 2.87. The number of rotatable bonds is 4. The topological polar surface area (TPSA) is 64.3 Å². The standard InChI is InChI=1S/C12H10F2N2O3/c1-19-10-3-2-7(11(17)18)4-9(10)8-5-15-16(6-8)12(13)14/h2-6,12H,1H3,(H,17,18). The van der Waals surface area contributed by atoms with Gasteiger partial charge < -0.3 is 9.84 Å². The number of hydrogen-bond donors (Lipinski definition) is 1. The molecule has 0 bridgehead atoms. The van der Waals surface area contributed by atoms with E-state index in [4.69, 9.17) is 9.84 Å². The van der Waals surface area contributed by atoms with Gasteiger partial charge in [0.15, 0.2) is 0 Å². The first-order chi connectivity index (χ1) is 9.02. The van der Waals surface area contributed by atoms with Crippen molar-refractivity contribution in [3.05, 3.63) is 36.2 Å². The molecule has 19 heavy (non-hydrogen) atoms. The second-order valence-corrected chi connectivity index (χ2v) is 3.71. The maximum atomic E-state index is 12.5. The highest BCUT2D eigenvalue weighted by Gasteiger charge is 2.14. The lowest BCUT2D eigenvalue weighted by atomic mass is 10.0. The Labute approximate surface area is 107 Å². The van der Waals surface area contributed by atoms with E-state index in [1.807, 2.05) is 0 Å². The number of aromatic nitrogens is 2. The number of carboxylic acids is 1. The van der Waals surface area contributed by atoms with Gasteiger partial charge >= 0.3 is 12.5 Å². The molecule has 100 valence electrons. The van der Waals surface area contributed by atoms with Crippen molar-refractivity contribution in [3.8, 4) is 16.9 Å². The van der Waals surface area contributed by atoms with Gasteiger partial charge in [0.2, 0.25) is 0 Å². The minimum absolute atomic E-state index is 0.0422. The van der Waals surface area contributed by atoms with Crippen LogP contribution in [0.2, 0.25) is 0 Å². The van der Waals surface area contributed by atoms with Gasteiger partial charge in [-0.2, -0.15) is 13.9 Å². The van der Waals surface area contributed by atoms with Crippen molar-refractivity contribution >= 4 is 5.97 Å². The van der Waals surface area contributed by atoms with Crippen LogP contribution in [0, 0.1) is 0 Å². The summed E-state index contributed by atoms with van der Waals surface area (Å²) in [7, 11) is 1.41. The molecule has 0 spiro atoms. The third kappa shape index (κ3) is 2.54. The van der Waals surface area contributed by atoms with E-state index >= 15 is 0 Å². The third-order valence-electron chi connectivity index (χ3n) is 2.56. The summed E-state index contributed by atoms with van der Waals surface area (Å²) in [4.78, 5) is 10.9. The summed E-state index contributed by atoms with van der Waals surface area (Å²) in [5.74, 6) is -0.719. The molecule has 0 saturated heterocycles. The second-order valence-electron chi connectivity index (χ2n) is 3.71. The van der Waals surface area contributed by atoms with Gasteiger partial charge in [0.1, 0.15) is 5.75 Å². The SMILES string of the molecule is COc1ccc(C(=O)O)cc1-c1cnn(C(F)F)c1. The summed E-state index contributed by atoms with van der Waals surface area (Å²) in [6.45, 7) is -2.75. The van der Waals surface area contributed by atoms with Crippen molar-refractivity contribution in [2.75, 3.05) is 7.11 Å². The number of halogens is 2. The van der Waals surface area contributed by atoms with Crippen LogP contribution in [-0.4, -0.2) is 28.0 Å². The van der Waals surface area contributed by atoms with Gasteiger partial charge in [0, 0.05) is 17.3 Å². The van der Waals surface area contributed by atoms with Crippen LogP contribution in [0.25, 0.3) is 11.1 Å². The Morgan fingerprint density at radius 2 is 2.21 bits per heavy atom. The van der Waals surface area contributed by atoms with Crippen LogP contribution in [0.15, 0.2) is 30.6 Å². The van der Waals surface area contributed by atoms with Crippen LogP contribution in [0.3, 0.4) is 0 Å². The largest absolute Gasteiger partial charge is 0.496 e. The maximum absolute atomic E-state index is 12.5. The van der Waals surface area contributed by atoms with Crippen molar-refractivity contribution in [3.63, 3.8) is 0 Å². The maximum Gasteiger partial charge on any atom is 0.335 e. The van der Waals surface area contributed by atoms with Gasteiger partial charge in [0.05, 0.1) is 18.9 Å². The molecule has 7 heteroatoms. The van der Waals surface area contributed by atoms with E-state index in [-0.39, 0.29) is 5.56 Å². The van der Waals surface area contributed by atoms with Gasteiger partial charge in [-0.25, -0.2) is 9.48 Å². The van der Waals surface area contributed by atoms with Crippen LogP contribution in [-0.2, 0) is 0 Å². The third-order valence-corrected chi connectivity index (χ3v) is 2.56. The highest BCUT2D eigenvalue weighted by Crippen LogP contribution is 2.31. The minimum Gasteiger partial charge on any atom is -0.496 e. The summed E-state index contributed by atoms with van der Waals surface area (Å²) >= 11 is 0. The van der Waals surface area contributed by atoms with Gasteiger partial charge in [-0.1, -0.05) is 0 Å². The molecule has 1 N–H and O–H groups in total. The van der Waals surface area contributed by atoms with E-state index in [9.17, 15) is 13.6 Å². The second kappa shape index (κ2) is 5.05. The predicted molar refractivity (Wildman–Crippen MR) is 62.4 cm³/mol. The Kier molecular flexibility index (Phi) is 3.46. The predicted octanol–water partition coefficient (Wildman–Crippen LogP) is 2.65. The smallest absolute Gasteiger partial charge is 0.335 e. The first-order valence-corrected chi connectivity index (χ1v) is 5.27. The molecule has 0 radical (unpaired) electrons. The van der Waals surface area contributed by atoms with E-state index in [0.717, 1.165) is 6.20 Å². The van der Waals surface area contributed by atoms with Crippen molar-refractivity contribution < 1.29 is 23.4 Å². The summed E-state index contributed by atoms with van der Waals surface area (Å²) in [5.41, 5.74) is 0.801. The Hall–Kier alpha value is -2.44. The molecule has 0 fully saturated rings. The number of ether oxygens (including phenoxy) is 1. The number of alkyl halides is 2. The number of hydrogen-bond acceptors (Lipinski definition) is 3. The molecule has 5 nitrogen and oxygen atoms in total. The van der Waals surface area contributed by atoms with Crippen molar-refractivity contribution in [1.29, 1.82) is 0 Å². The molecule has 1 heterocycles. The van der Waals surface area contributed by atoms with E-state index in [1.54, 1.807) is 0 Å². The fraction of sp³-hybridized carbons (Fsp3) is 0.167. The quantitative estimate of drug-likeness (QED) is 0.925. The molecule has 0 amide bonds. The van der Waals surface area contributed by atoms with Crippen molar-refractivity contribution in [1.82, 2.24) is 9.78 Å². The van der Waals surface area contributed by atoms with Crippen molar-refractivity contribution in [2.24, 2.45) is 0 Å². The summed E-state index contributed by atoms with van der Waals surface area (Å²) in [6, 6.07) is 4.20. The number of nitrogens with zero attached hydrogens (tertiary/aromatic N) is 2. The highest BCUT2D eigenvalue weighted by atomic mass is 19.3. The van der Waals surface area contributed by atoms with E-state index in [2.05, 4.69) is 5.10 Å². The van der Waals surface area contributed by atoms with Gasteiger partial charge in [-0.3, -0.25) is 0 Å². The number of benzene rings is 1. The Morgan fingerprint density at radius 3 is 2.74 bits per heavy atom. The summed E-state index contributed by atoms with van der Waals surface area (Å²) in [6.07, 6.45) is 2.36. The zero-order chi connectivity index (χ0) is 14.0. The van der Waals surface area contributed by atoms with Crippen LogP contribution in [0.5, 0.6) is 5.75 Å². The van der Waals surface area contributed by atoms with E-state index in [1.165, 1.54) is 31.5 Å². The zero-order valence-corrected chi connectivity index (χ0v) is 9.88. The van der Waals surface area contributed by atoms with Gasteiger partial charge in [-0.15, -0.1) is 0 Å². The van der Waals surface area contributed by atoms with Gasteiger partial charge in [-0.05, 0) is 18.2 Å². The molecule has 0 unspecified atom stereocenters. The fourth-order valence-corrected chi connectivity index (χ4v) is 1.65. The summed E-state index contributed by atoms with van der Waals surface area (Å²) in [5, 5.41) is 12.4. The van der Waals surface area contributed by atoms with Crippen LogP contribution >= 0.6 is 0 Å². The highest BCUT2D eigenvalue weighted by molar-refractivity contribution is 5.90. The lowest BCUT2D eigenvalue weighted by molar-refractivity contribution is 0.0566.